The van der Waals surface area contributed by atoms with Crippen LogP contribution in [0.15, 0.2) is 121 Å². The Balaban J connectivity index is 0.811. The van der Waals surface area contributed by atoms with Crippen LogP contribution in [-0.4, -0.2) is 26.4 Å². The second-order valence-electron chi connectivity index (χ2n) is 13.5. The monoisotopic (exact) mass is 720 g/mol. The Morgan fingerprint density at radius 2 is 0.593 bits per heavy atom. The molecule has 0 N–H and O–H groups in total. The van der Waals surface area contributed by atoms with Gasteiger partial charge in [0, 0.05) is 6.07 Å². The lowest BCUT2D eigenvalue weighted by atomic mass is 10.0. The van der Waals surface area contributed by atoms with Crippen molar-refractivity contribution in [3.63, 3.8) is 0 Å². The Bertz CT molecular complexity index is 1740. The van der Waals surface area contributed by atoms with Crippen LogP contribution in [0.1, 0.15) is 88.2 Å². The number of ether oxygens (including phenoxy) is 4. The van der Waals surface area contributed by atoms with Crippen molar-refractivity contribution in [1.29, 1.82) is 10.5 Å². The summed E-state index contributed by atoms with van der Waals surface area (Å²) in [6, 6.07) is 43.9. The minimum absolute atomic E-state index is 0.672. The van der Waals surface area contributed by atoms with E-state index in [1.807, 2.05) is 97.1 Å². The standard InChI is InChI=1S/C48H52N2O4/c49-37-39-16-20-41(21-17-39)43-24-28-45(29-25-43)51-32-9-5-1-3-7-11-34-53-47-14-13-15-48(36-47)54-35-12-8-4-2-6-10-33-52-46-30-26-44(27-31-46)42-22-18-40(38-50)19-23-42/h13-31,36H,1-12,32-35H2. The van der Waals surface area contributed by atoms with E-state index in [4.69, 9.17) is 29.5 Å². The smallest absolute Gasteiger partial charge is 0.122 e. The number of unbranched alkanes of at least 4 members (excludes halogenated alkanes) is 10. The average Bonchev–Trinajstić information content (AvgIpc) is 3.23. The zero-order valence-electron chi connectivity index (χ0n) is 31.4. The van der Waals surface area contributed by atoms with Crippen molar-refractivity contribution in [3.8, 4) is 57.4 Å². The first-order valence-corrected chi connectivity index (χ1v) is 19.5. The maximum atomic E-state index is 8.98. The van der Waals surface area contributed by atoms with Crippen LogP contribution < -0.4 is 18.9 Å². The molecule has 0 bridgehead atoms. The quantitative estimate of drug-likeness (QED) is 0.0590. The fourth-order valence-electron chi connectivity index (χ4n) is 6.20. The molecule has 0 spiro atoms. The van der Waals surface area contributed by atoms with Gasteiger partial charge < -0.3 is 18.9 Å². The molecule has 6 heteroatoms. The van der Waals surface area contributed by atoms with Gasteiger partial charge in [0.2, 0.25) is 0 Å². The molecule has 0 atom stereocenters. The highest BCUT2D eigenvalue weighted by molar-refractivity contribution is 5.66. The van der Waals surface area contributed by atoms with Crippen molar-refractivity contribution in [2.45, 2.75) is 77.0 Å². The Labute approximate surface area is 321 Å². The van der Waals surface area contributed by atoms with Crippen LogP contribution in [0.5, 0.6) is 23.0 Å². The maximum Gasteiger partial charge on any atom is 0.122 e. The lowest BCUT2D eigenvalue weighted by Gasteiger charge is -2.10. The molecule has 0 aromatic heterocycles. The van der Waals surface area contributed by atoms with Gasteiger partial charge in [-0.05, 0) is 109 Å². The Hall–Kier alpha value is -5.72. The minimum atomic E-state index is 0.672. The number of hydrogen-bond donors (Lipinski definition) is 0. The minimum Gasteiger partial charge on any atom is -0.494 e. The second-order valence-corrected chi connectivity index (χ2v) is 13.5. The van der Waals surface area contributed by atoms with Crippen molar-refractivity contribution in [2.75, 3.05) is 26.4 Å². The van der Waals surface area contributed by atoms with Crippen LogP contribution in [0.2, 0.25) is 0 Å². The average molecular weight is 721 g/mol. The molecule has 0 fully saturated rings. The molecule has 5 aromatic rings. The summed E-state index contributed by atoms with van der Waals surface area (Å²) in [5.74, 6) is 3.54. The summed E-state index contributed by atoms with van der Waals surface area (Å²) in [4.78, 5) is 0. The summed E-state index contributed by atoms with van der Waals surface area (Å²) in [6.45, 7) is 2.91. The summed E-state index contributed by atoms with van der Waals surface area (Å²) in [5, 5.41) is 18.0. The van der Waals surface area contributed by atoms with E-state index in [1.54, 1.807) is 0 Å². The van der Waals surface area contributed by atoms with Crippen LogP contribution in [0, 0.1) is 22.7 Å². The highest BCUT2D eigenvalue weighted by Crippen LogP contribution is 2.25. The van der Waals surface area contributed by atoms with Gasteiger partial charge in [-0.15, -0.1) is 0 Å². The van der Waals surface area contributed by atoms with E-state index in [0.29, 0.717) is 11.1 Å². The van der Waals surface area contributed by atoms with E-state index in [2.05, 4.69) is 36.4 Å². The Morgan fingerprint density at radius 3 is 0.907 bits per heavy atom. The first-order valence-electron chi connectivity index (χ1n) is 19.5. The number of benzene rings is 5. The Morgan fingerprint density at radius 1 is 0.315 bits per heavy atom. The molecule has 54 heavy (non-hydrogen) atoms. The predicted molar refractivity (Wildman–Crippen MR) is 217 cm³/mol. The van der Waals surface area contributed by atoms with Gasteiger partial charge in [-0.1, -0.05) is 106 Å². The van der Waals surface area contributed by atoms with Crippen LogP contribution >= 0.6 is 0 Å². The van der Waals surface area contributed by atoms with Gasteiger partial charge in [0.05, 0.1) is 49.7 Å². The van der Waals surface area contributed by atoms with Gasteiger partial charge in [-0.2, -0.15) is 10.5 Å². The number of nitriles is 2. The molecule has 278 valence electrons. The van der Waals surface area contributed by atoms with Crippen LogP contribution in [0.25, 0.3) is 22.3 Å². The summed E-state index contributed by atoms with van der Waals surface area (Å²) in [7, 11) is 0. The molecule has 0 amide bonds. The van der Waals surface area contributed by atoms with Gasteiger partial charge in [0.25, 0.3) is 0 Å². The fraction of sp³-hybridized carbons (Fsp3) is 0.333. The molecule has 0 saturated carbocycles. The largest absolute Gasteiger partial charge is 0.494 e. The topological polar surface area (TPSA) is 84.5 Å². The summed E-state index contributed by atoms with van der Waals surface area (Å²) in [5.41, 5.74) is 5.77. The highest BCUT2D eigenvalue weighted by Gasteiger charge is 2.03. The molecule has 0 aliphatic carbocycles. The second kappa shape index (κ2) is 23.1. The molecule has 6 nitrogen and oxygen atoms in total. The van der Waals surface area contributed by atoms with Crippen molar-refractivity contribution in [2.24, 2.45) is 0 Å². The first-order chi connectivity index (χ1) is 26.7. The van der Waals surface area contributed by atoms with Crippen LogP contribution in [-0.2, 0) is 0 Å². The molecule has 0 radical (unpaired) electrons. The molecule has 0 aliphatic heterocycles. The van der Waals surface area contributed by atoms with Crippen molar-refractivity contribution >= 4 is 0 Å². The SMILES string of the molecule is N#Cc1ccc(-c2ccc(OCCCCCCCCOc3cccc(OCCCCCCCCOc4ccc(-c5ccc(C#N)cc5)cc4)c3)cc2)cc1. The third-order valence-electron chi connectivity index (χ3n) is 9.36. The molecule has 5 rings (SSSR count). The van der Waals surface area contributed by atoms with E-state index in [0.717, 1.165) is 123 Å². The number of nitrogens with zero attached hydrogens (tertiary/aromatic N) is 2. The van der Waals surface area contributed by atoms with Gasteiger partial charge in [-0.3, -0.25) is 0 Å². The normalized spacial score (nSPS) is 10.6. The van der Waals surface area contributed by atoms with E-state index < -0.39 is 0 Å². The molecule has 0 heterocycles. The lowest BCUT2D eigenvalue weighted by Crippen LogP contribution is -2.00. The van der Waals surface area contributed by atoms with Crippen LogP contribution in [0.3, 0.4) is 0 Å². The molecule has 0 unspecified atom stereocenters. The first kappa shape index (κ1) is 39.5. The van der Waals surface area contributed by atoms with E-state index >= 15 is 0 Å². The third kappa shape index (κ3) is 14.0. The summed E-state index contributed by atoms with van der Waals surface area (Å²) >= 11 is 0. The molecule has 5 aromatic carbocycles. The molecule has 0 aliphatic rings. The zero-order chi connectivity index (χ0) is 37.5. The van der Waals surface area contributed by atoms with E-state index in [1.165, 1.54) is 25.7 Å². The molecular weight excluding hydrogens is 669 g/mol. The predicted octanol–water partition coefficient (Wildman–Crippen LogP) is 12.4. The fourth-order valence-corrected chi connectivity index (χ4v) is 6.20. The number of rotatable bonds is 24. The van der Waals surface area contributed by atoms with Gasteiger partial charge in [0.1, 0.15) is 23.0 Å². The zero-order valence-corrected chi connectivity index (χ0v) is 31.4. The van der Waals surface area contributed by atoms with Crippen molar-refractivity contribution < 1.29 is 18.9 Å². The molecule has 0 saturated heterocycles. The van der Waals surface area contributed by atoms with Crippen LogP contribution in [0.4, 0.5) is 0 Å². The Kier molecular flexibility index (Phi) is 16.9. The van der Waals surface area contributed by atoms with E-state index in [9.17, 15) is 0 Å². The number of hydrogen-bond acceptors (Lipinski definition) is 6. The van der Waals surface area contributed by atoms with Gasteiger partial charge in [0.15, 0.2) is 0 Å². The van der Waals surface area contributed by atoms with Gasteiger partial charge >= 0.3 is 0 Å². The summed E-state index contributed by atoms with van der Waals surface area (Å²) in [6.07, 6.45) is 13.7. The van der Waals surface area contributed by atoms with Crippen molar-refractivity contribution in [3.05, 3.63) is 132 Å². The lowest BCUT2D eigenvalue weighted by molar-refractivity contribution is 0.287. The summed E-state index contributed by atoms with van der Waals surface area (Å²) < 4.78 is 23.9. The third-order valence-corrected chi connectivity index (χ3v) is 9.36. The highest BCUT2D eigenvalue weighted by atomic mass is 16.5. The maximum absolute atomic E-state index is 8.98. The molecular formula is C48H52N2O4. The van der Waals surface area contributed by atoms with Gasteiger partial charge in [-0.25, -0.2) is 0 Å². The van der Waals surface area contributed by atoms with E-state index in [-0.39, 0.29) is 0 Å². The van der Waals surface area contributed by atoms with Crippen molar-refractivity contribution in [1.82, 2.24) is 0 Å².